The Hall–Kier alpha value is -1.23. The highest BCUT2D eigenvalue weighted by molar-refractivity contribution is 14.0. The lowest BCUT2D eigenvalue weighted by molar-refractivity contribution is 0.323. The maximum atomic E-state index is 12.1. The van der Waals surface area contributed by atoms with Gasteiger partial charge in [-0.2, -0.15) is 0 Å². The molecule has 1 aromatic rings. The zero-order chi connectivity index (χ0) is 19.7. The summed E-state index contributed by atoms with van der Waals surface area (Å²) in [6.45, 7) is 7.03. The van der Waals surface area contributed by atoms with E-state index in [2.05, 4.69) is 15.6 Å². The Bertz CT molecular complexity index is 623. The number of nitrogens with one attached hydrogen (secondary N) is 2. The van der Waals surface area contributed by atoms with Crippen LogP contribution in [0.15, 0.2) is 17.1 Å². The van der Waals surface area contributed by atoms with Gasteiger partial charge in [0.15, 0.2) is 17.5 Å². The summed E-state index contributed by atoms with van der Waals surface area (Å²) in [7, 11) is 5.55. The molecule has 27 heavy (non-hydrogen) atoms. The lowest BCUT2D eigenvalue weighted by Crippen LogP contribution is -2.40. The van der Waals surface area contributed by atoms with Crippen molar-refractivity contribution in [2.45, 2.75) is 32.1 Å². The van der Waals surface area contributed by atoms with Crippen LogP contribution in [-0.2, 0) is 17.3 Å². The van der Waals surface area contributed by atoms with E-state index in [1.54, 1.807) is 28.4 Å². The van der Waals surface area contributed by atoms with Crippen LogP contribution in [0.2, 0.25) is 0 Å². The van der Waals surface area contributed by atoms with Crippen LogP contribution in [0, 0.1) is 0 Å². The Morgan fingerprint density at radius 3 is 2.04 bits per heavy atom. The first-order valence-corrected chi connectivity index (χ1v) is 9.70. The van der Waals surface area contributed by atoms with Crippen LogP contribution < -0.4 is 24.8 Å². The molecule has 0 heterocycles. The normalized spacial score (nSPS) is 12.6. The molecular formula is C18H32IN3O4S. The Morgan fingerprint density at radius 2 is 1.63 bits per heavy atom. The highest BCUT2D eigenvalue weighted by atomic mass is 127. The van der Waals surface area contributed by atoms with Crippen molar-refractivity contribution in [3.8, 4) is 17.2 Å². The van der Waals surface area contributed by atoms with E-state index in [0.29, 0.717) is 42.1 Å². The third kappa shape index (κ3) is 8.12. The Balaban J connectivity index is 0.00000676. The minimum atomic E-state index is -0.900. The molecule has 0 bridgehead atoms. The molecule has 0 saturated heterocycles. The number of ether oxygens (including phenoxy) is 3. The molecule has 1 rings (SSSR count). The summed E-state index contributed by atoms with van der Waals surface area (Å²) in [5, 5.41) is 6.41. The molecule has 0 radical (unpaired) electrons. The van der Waals surface area contributed by atoms with Crippen molar-refractivity contribution >= 4 is 40.7 Å². The average Bonchev–Trinajstić information content (AvgIpc) is 2.62. The standard InChI is InChI=1S/C18H31N3O4S.HI/c1-18(2,3)26(22)9-8-20-17(19-4)21-12-13-10-14(23-5)16(25-7)15(11-13)24-6;/h10-11H,8-9,12H2,1-7H3,(H2,19,20,21);1H. The first-order valence-electron chi connectivity index (χ1n) is 8.38. The average molecular weight is 513 g/mol. The van der Waals surface area contributed by atoms with Crippen molar-refractivity contribution in [1.82, 2.24) is 10.6 Å². The molecule has 0 aliphatic heterocycles. The summed E-state index contributed by atoms with van der Waals surface area (Å²) < 4.78 is 27.9. The minimum Gasteiger partial charge on any atom is -0.493 e. The van der Waals surface area contributed by atoms with Gasteiger partial charge >= 0.3 is 0 Å². The van der Waals surface area contributed by atoms with E-state index in [1.165, 1.54) is 0 Å². The smallest absolute Gasteiger partial charge is 0.203 e. The van der Waals surface area contributed by atoms with Gasteiger partial charge < -0.3 is 24.8 Å². The predicted molar refractivity (Wildman–Crippen MR) is 122 cm³/mol. The van der Waals surface area contributed by atoms with E-state index >= 15 is 0 Å². The number of nitrogens with zero attached hydrogens (tertiary/aromatic N) is 1. The molecule has 0 fully saturated rings. The van der Waals surface area contributed by atoms with E-state index in [1.807, 2.05) is 32.9 Å². The maximum absolute atomic E-state index is 12.1. The van der Waals surface area contributed by atoms with Gasteiger partial charge in [0.2, 0.25) is 5.75 Å². The van der Waals surface area contributed by atoms with Crippen molar-refractivity contribution < 1.29 is 18.4 Å². The second kappa shape index (κ2) is 12.3. The summed E-state index contributed by atoms with van der Waals surface area (Å²) in [6, 6.07) is 3.77. The van der Waals surface area contributed by atoms with Gasteiger partial charge in [0, 0.05) is 41.4 Å². The minimum absolute atomic E-state index is 0. The number of methoxy groups -OCH3 is 3. The van der Waals surface area contributed by atoms with Crippen LogP contribution in [0.25, 0.3) is 0 Å². The molecule has 0 saturated carbocycles. The summed E-state index contributed by atoms with van der Waals surface area (Å²) >= 11 is 0. The molecule has 0 spiro atoms. The number of hydrogen-bond donors (Lipinski definition) is 2. The van der Waals surface area contributed by atoms with Crippen molar-refractivity contribution in [2.24, 2.45) is 4.99 Å². The van der Waals surface area contributed by atoms with Crippen LogP contribution in [0.1, 0.15) is 26.3 Å². The second-order valence-electron chi connectivity index (χ2n) is 6.55. The Kier molecular flexibility index (Phi) is 11.7. The number of halogens is 1. The van der Waals surface area contributed by atoms with Crippen LogP contribution in [0.5, 0.6) is 17.2 Å². The van der Waals surface area contributed by atoms with Crippen molar-refractivity contribution in [2.75, 3.05) is 40.7 Å². The largest absolute Gasteiger partial charge is 0.493 e. The Morgan fingerprint density at radius 1 is 1.07 bits per heavy atom. The number of benzene rings is 1. The fraction of sp³-hybridized carbons (Fsp3) is 0.611. The summed E-state index contributed by atoms with van der Waals surface area (Å²) in [4.78, 5) is 4.19. The predicted octanol–water partition coefficient (Wildman–Crippen LogP) is 2.54. The fourth-order valence-corrected chi connectivity index (χ4v) is 3.11. The van der Waals surface area contributed by atoms with Gasteiger partial charge in [-0.15, -0.1) is 24.0 Å². The first-order chi connectivity index (χ1) is 12.3. The third-order valence-electron chi connectivity index (χ3n) is 3.67. The molecule has 0 aliphatic carbocycles. The molecule has 0 aliphatic rings. The topological polar surface area (TPSA) is 81.2 Å². The molecule has 1 aromatic carbocycles. The number of rotatable bonds is 8. The van der Waals surface area contributed by atoms with Gasteiger partial charge in [-0.05, 0) is 38.5 Å². The van der Waals surface area contributed by atoms with E-state index in [9.17, 15) is 4.21 Å². The number of hydrogen-bond acceptors (Lipinski definition) is 5. The van der Waals surface area contributed by atoms with Crippen molar-refractivity contribution in [3.05, 3.63) is 17.7 Å². The van der Waals surface area contributed by atoms with Crippen LogP contribution in [0.4, 0.5) is 0 Å². The zero-order valence-electron chi connectivity index (χ0n) is 17.2. The lowest BCUT2D eigenvalue weighted by Gasteiger charge is -2.19. The molecular weight excluding hydrogens is 481 g/mol. The second-order valence-corrected chi connectivity index (χ2v) is 8.87. The van der Waals surface area contributed by atoms with Gasteiger partial charge in [0.05, 0.1) is 21.3 Å². The van der Waals surface area contributed by atoms with Crippen molar-refractivity contribution in [1.29, 1.82) is 0 Å². The maximum Gasteiger partial charge on any atom is 0.203 e. The third-order valence-corrected chi connectivity index (χ3v) is 5.61. The highest BCUT2D eigenvalue weighted by Gasteiger charge is 2.18. The molecule has 156 valence electrons. The molecule has 1 unspecified atom stereocenters. The van der Waals surface area contributed by atoms with E-state index < -0.39 is 10.8 Å². The van der Waals surface area contributed by atoms with Gasteiger partial charge in [-0.3, -0.25) is 9.20 Å². The monoisotopic (exact) mass is 513 g/mol. The Labute approximate surface area is 182 Å². The van der Waals surface area contributed by atoms with E-state index in [4.69, 9.17) is 14.2 Å². The molecule has 0 aromatic heterocycles. The van der Waals surface area contributed by atoms with Crippen LogP contribution >= 0.6 is 24.0 Å². The summed E-state index contributed by atoms with van der Waals surface area (Å²) in [5.74, 6) is 2.98. The molecule has 7 nitrogen and oxygen atoms in total. The SMILES string of the molecule is CN=C(NCCS(=O)C(C)(C)C)NCc1cc(OC)c(OC)c(OC)c1.I. The molecule has 0 amide bonds. The van der Waals surface area contributed by atoms with E-state index in [0.717, 1.165) is 5.56 Å². The molecule has 9 heteroatoms. The number of guanidine groups is 1. The first kappa shape index (κ1) is 25.8. The van der Waals surface area contributed by atoms with Crippen LogP contribution in [0.3, 0.4) is 0 Å². The summed E-state index contributed by atoms with van der Waals surface area (Å²) in [6.07, 6.45) is 0. The highest BCUT2D eigenvalue weighted by Crippen LogP contribution is 2.38. The molecule has 1 atom stereocenters. The van der Waals surface area contributed by atoms with Crippen LogP contribution in [-0.4, -0.2) is 55.6 Å². The molecule has 2 N–H and O–H groups in total. The van der Waals surface area contributed by atoms with Gasteiger partial charge in [-0.1, -0.05) is 0 Å². The lowest BCUT2D eigenvalue weighted by atomic mass is 10.2. The fourth-order valence-electron chi connectivity index (χ4n) is 2.21. The van der Waals surface area contributed by atoms with Gasteiger partial charge in [-0.25, -0.2) is 0 Å². The number of aliphatic imine (C=N–C) groups is 1. The quantitative estimate of drug-likeness (QED) is 0.316. The summed E-state index contributed by atoms with van der Waals surface area (Å²) in [5.41, 5.74) is 0.959. The van der Waals surface area contributed by atoms with E-state index in [-0.39, 0.29) is 28.7 Å². The zero-order valence-corrected chi connectivity index (χ0v) is 20.3. The van der Waals surface area contributed by atoms with Gasteiger partial charge in [0.1, 0.15) is 0 Å². The van der Waals surface area contributed by atoms with Crippen molar-refractivity contribution in [3.63, 3.8) is 0 Å². The van der Waals surface area contributed by atoms with Gasteiger partial charge in [0.25, 0.3) is 0 Å².